The number of carbonyl (C=O) groups excluding carboxylic acids is 2. The minimum Gasteiger partial charge on any atom is -0.459 e. The number of nitrogens with zero attached hydrogens (tertiary/aromatic N) is 2. The largest absolute Gasteiger partial charge is 0.459 e. The normalized spacial score (nSPS) is 13.4. The van der Waals surface area contributed by atoms with Gasteiger partial charge in [-0.3, -0.25) is 14.9 Å². The van der Waals surface area contributed by atoms with Crippen LogP contribution in [0.5, 0.6) is 0 Å². The van der Waals surface area contributed by atoms with E-state index >= 15 is 0 Å². The number of aromatic nitrogens is 2. The fraction of sp³-hybridized carbons (Fsp3) is 0.176. The van der Waals surface area contributed by atoms with Crippen molar-refractivity contribution in [1.29, 1.82) is 0 Å². The van der Waals surface area contributed by atoms with Crippen LogP contribution in [0, 0.1) is 0 Å². The highest BCUT2D eigenvalue weighted by atomic mass is 32.1. The van der Waals surface area contributed by atoms with E-state index in [-0.39, 0.29) is 17.6 Å². The Labute approximate surface area is 147 Å². The number of hydrogen-bond acceptors (Lipinski definition) is 6. The van der Waals surface area contributed by atoms with Crippen LogP contribution in [0.1, 0.15) is 44.7 Å². The van der Waals surface area contributed by atoms with Gasteiger partial charge in [-0.25, -0.2) is 0 Å². The Morgan fingerprint density at radius 3 is 2.52 bits per heavy atom. The van der Waals surface area contributed by atoms with Crippen LogP contribution < -0.4 is 10.6 Å². The molecule has 0 atom stereocenters. The summed E-state index contributed by atoms with van der Waals surface area (Å²) < 4.78 is 5.03. The molecular formula is C17H14N4O3S. The van der Waals surface area contributed by atoms with Gasteiger partial charge in [0.2, 0.25) is 5.13 Å². The monoisotopic (exact) mass is 354 g/mol. The number of anilines is 2. The van der Waals surface area contributed by atoms with Crippen molar-refractivity contribution in [3.8, 4) is 0 Å². The molecule has 0 aliphatic heterocycles. The van der Waals surface area contributed by atoms with E-state index in [1.807, 2.05) is 0 Å². The number of rotatable bonds is 5. The van der Waals surface area contributed by atoms with E-state index in [0.29, 0.717) is 22.3 Å². The van der Waals surface area contributed by atoms with Crippen LogP contribution in [0.3, 0.4) is 0 Å². The third-order valence-electron chi connectivity index (χ3n) is 3.74. The highest BCUT2D eigenvalue weighted by molar-refractivity contribution is 7.15. The molecule has 0 bridgehead atoms. The van der Waals surface area contributed by atoms with E-state index in [1.54, 1.807) is 36.4 Å². The maximum absolute atomic E-state index is 12.3. The first kappa shape index (κ1) is 15.5. The molecule has 126 valence electrons. The number of hydrogen-bond donors (Lipinski definition) is 2. The van der Waals surface area contributed by atoms with Gasteiger partial charge in [-0.15, -0.1) is 10.2 Å². The molecular weight excluding hydrogens is 340 g/mol. The molecule has 1 fully saturated rings. The van der Waals surface area contributed by atoms with Crippen molar-refractivity contribution in [2.24, 2.45) is 0 Å². The fourth-order valence-electron chi connectivity index (χ4n) is 2.26. The van der Waals surface area contributed by atoms with Gasteiger partial charge in [0.25, 0.3) is 11.8 Å². The SMILES string of the molecule is O=C(Nc1nnc(C2CC2)s1)c1ccc(NC(=O)c2ccco2)cc1. The second-order valence-electron chi connectivity index (χ2n) is 5.68. The molecule has 2 N–H and O–H groups in total. The van der Waals surface area contributed by atoms with E-state index in [2.05, 4.69) is 20.8 Å². The molecule has 25 heavy (non-hydrogen) atoms. The van der Waals surface area contributed by atoms with Crippen LogP contribution in [0.2, 0.25) is 0 Å². The topological polar surface area (TPSA) is 97.1 Å². The molecule has 3 aromatic rings. The lowest BCUT2D eigenvalue weighted by atomic mass is 10.2. The smallest absolute Gasteiger partial charge is 0.291 e. The summed E-state index contributed by atoms with van der Waals surface area (Å²) in [5.74, 6) is 0.135. The zero-order valence-electron chi connectivity index (χ0n) is 13.1. The number of amides is 2. The van der Waals surface area contributed by atoms with Crippen LogP contribution in [0.4, 0.5) is 10.8 Å². The molecule has 4 rings (SSSR count). The van der Waals surface area contributed by atoms with Crippen molar-refractivity contribution >= 4 is 34.0 Å². The molecule has 1 aromatic carbocycles. The highest BCUT2D eigenvalue weighted by Crippen LogP contribution is 2.42. The van der Waals surface area contributed by atoms with Gasteiger partial charge in [0.1, 0.15) is 5.01 Å². The van der Waals surface area contributed by atoms with Crippen molar-refractivity contribution in [2.75, 3.05) is 10.6 Å². The molecule has 0 spiro atoms. The Bertz CT molecular complexity index is 898. The van der Waals surface area contributed by atoms with E-state index in [9.17, 15) is 9.59 Å². The van der Waals surface area contributed by atoms with Gasteiger partial charge in [0.05, 0.1) is 6.26 Å². The molecule has 0 saturated heterocycles. The fourth-order valence-corrected chi connectivity index (χ4v) is 3.16. The van der Waals surface area contributed by atoms with Gasteiger partial charge in [-0.2, -0.15) is 0 Å². The third-order valence-corrected chi connectivity index (χ3v) is 4.74. The highest BCUT2D eigenvalue weighted by Gasteiger charge is 2.27. The Morgan fingerprint density at radius 1 is 1.04 bits per heavy atom. The average molecular weight is 354 g/mol. The second kappa shape index (κ2) is 6.48. The van der Waals surface area contributed by atoms with Crippen LogP contribution in [0.25, 0.3) is 0 Å². The Kier molecular flexibility index (Phi) is 4.02. The molecule has 0 radical (unpaired) electrons. The lowest BCUT2D eigenvalue weighted by molar-refractivity contribution is 0.0995. The van der Waals surface area contributed by atoms with Crippen molar-refractivity contribution in [1.82, 2.24) is 10.2 Å². The molecule has 2 amide bonds. The van der Waals surface area contributed by atoms with Crippen LogP contribution in [-0.4, -0.2) is 22.0 Å². The van der Waals surface area contributed by atoms with Gasteiger partial charge in [0.15, 0.2) is 5.76 Å². The van der Waals surface area contributed by atoms with Gasteiger partial charge in [-0.1, -0.05) is 11.3 Å². The minimum absolute atomic E-state index is 0.226. The minimum atomic E-state index is -0.344. The molecule has 2 aromatic heterocycles. The van der Waals surface area contributed by atoms with Crippen molar-refractivity contribution in [2.45, 2.75) is 18.8 Å². The predicted octanol–water partition coefficient (Wildman–Crippen LogP) is 3.51. The third kappa shape index (κ3) is 3.58. The lowest BCUT2D eigenvalue weighted by Gasteiger charge is -2.05. The summed E-state index contributed by atoms with van der Waals surface area (Å²) in [6.45, 7) is 0. The Hall–Kier alpha value is -3.00. The van der Waals surface area contributed by atoms with Gasteiger partial charge in [-0.05, 0) is 49.2 Å². The summed E-state index contributed by atoms with van der Waals surface area (Å²) in [4.78, 5) is 24.2. The maximum atomic E-state index is 12.3. The molecule has 2 heterocycles. The van der Waals surface area contributed by atoms with E-state index in [4.69, 9.17) is 4.42 Å². The molecule has 0 unspecified atom stereocenters. The maximum Gasteiger partial charge on any atom is 0.291 e. The van der Waals surface area contributed by atoms with Gasteiger partial charge in [0, 0.05) is 17.2 Å². The quantitative estimate of drug-likeness (QED) is 0.731. The summed E-state index contributed by atoms with van der Waals surface area (Å²) in [5, 5.41) is 15.0. The molecule has 1 aliphatic carbocycles. The van der Waals surface area contributed by atoms with Crippen LogP contribution in [-0.2, 0) is 0 Å². The van der Waals surface area contributed by atoms with Crippen molar-refractivity contribution < 1.29 is 14.0 Å². The molecule has 7 nitrogen and oxygen atoms in total. The summed E-state index contributed by atoms with van der Waals surface area (Å²) >= 11 is 1.41. The molecule has 1 aliphatic rings. The van der Waals surface area contributed by atoms with Gasteiger partial charge < -0.3 is 9.73 Å². The summed E-state index contributed by atoms with van der Waals surface area (Å²) in [6.07, 6.45) is 3.73. The zero-order chi connectivity index (χ0) is 17.2. The van der Waals surface area contributed by atoms with Gasteiger partial charge >= 0.3 is 0 Å². The zero-order valence-corrected chi connectivity index (χ0v) is 13.9. The van der Waals surface area contributed by atoms with E-state index < -0.39 is 0 Å². The molecule has 1 saturated carbocycles. The summed E-state index contributed by atoms with van der Waals surface area (Å²) in [5.41, 5.74) is 1.05. The molecule has 8 heteroatoms. The summed E-state index contributed by atoms with van der Waals surface area (Å²) in [6, 6.07) is 9.81. The number of furan rings is 1. The van der Waals surface area contributed by atoms with Crippen LogP contribution >= 0.6 is 11.3 Å². The number of carbonyl (C=O) groups is 2. The first-order valence-corrected chi connectivity index (χ1v) is 8.60. The Morgan fingerprint density at radius 2 is 1.84 bits per heavy atom. The summed E-state index contributed by atoms with van der Waals surface area (Å²) in [7, 11) is 0. The van der Waals surface area contributed by atoms with Crippen molar-refractivity contribution in [3.05, 3.63) is 59.0 Å². The van der Waals surface area contributed by atoms with E-state index in [1.165, 1.54) is 17.6 Å². The lowest BCUT2D eigenvalue weighted by Crippen LogP contribution is -2.13. The second-order valence-corrected chi connectivity index (χ2v) is 6.69. The standard InChI is InChI=1S/C17H14N4O3S/c22-14(19-17-21-20-16(25-17)11-3-4-11)10-5-7-12(8-6-10)18-15(23)13-2-1-9-24-13/h1-2,5-9,11H,3-4H2,(H,18,23)(H,19,21,22). The van der Waals surface area contributed by atoms with Crippen molar-refractivity contribution in [3.63, 3.8) is 0 Å². The van der Waals surface area contributed by atoms with Crippen LogP contribution in [0.15, 0.2) is 47.1 Å². The first-order valence-electron chi connectivity index (χ1n) is 7.79. The van der Waals surface area contributed by atoms with E-state index in [0.717, 1.165) is 17.8 Å². The number of benzene rings is 1. The predicted molar refractivity (Wildman–Crippen MR) is 92.9 cm³/mol. The Balaban J connectivity index is 1.38. The average Bonchev–Trinajstić information content (AvgIpc) is 3.12. The first-order chi connectivity index (χ1) is 12.2. The number of nitrogens with one attached hydrogen (secondary N) is 2.